The highest BCUT2D eigenvalue weighted by Crippen LogP contribution is 2.67. The van der Waals surface area contributed by atoms with E-state index in [2.05, 4.69) is 50.7 Å². The Kier molecular flexibility index (Phi) is 8.55. The first-order valence-electron chi connectivity index (χ1n) is 16.1. The molecule has 5 rings (SSSR count). The van der Waals surface area contributed by atoms with Crippen LogP contribution in [0.3, 0.4) is 0 Å². The second kappa shape index (κ2) is 11.6. The number of allylic oxidation sites excluding steroid dienone is 1. The van der Waals surface area contributed by atoms with E-state index in [-0.39, 0.29) is 17.9 Å². The van der Waals surface area contributed by atoms with Crippen LogP contribution in [0, 0.1) is 46.3 Å². The number of fused-ring (bicyclic) bond motifs is 5. The van der Waals surface area contributed by atoms with Crippen molar-refractivity contribution < 1.29 is 19.4 Å². The van der Waals surface area contributed by atoms with Crippen LogP contribution in [0.2, 0.25) is 0 Å². The molecule has 9 atom stereocenters. The highest BCUT2D eigenvalue weighted by Gasteiger charge is 2.59. The number of imidazole rings is 1. The number of nitrogens with zero attached hydrogens (tertiary/aromatic N) is 1. The van der Waals surface area contributed by atoms with E-state index in [1.807, 2.05) is 0 Å². The van der Waals surface area contributed by atoms with Gasteiger partial charge in [-0.25, -0.2) is 4.98 Å². The number of nitrogens with one attached hydrogen (secondary N) is 1. The summed E-state index contributed by atoms with van der Waals surface area (Å²) in [4.78, 5) is 31.3. The lowest BCUT2D eigenvalue weighted by atomic mass is 9.47. The van der Waals surface area contributed by atoms with Crippen molar-refractivity contribution in [2.24, 2.45) is 46.3 Å². The quantitative estimate of drug-likeness (QED) is 0.227. The Morgan fingerprint density at radius 2 is 1.90 bits per heavy atom. The zero-order valence-electron chi connectivity index (χ0n) is 25.5. The number of H-pyrrole nitrogens is 1. The van der Waals surface area contributed by atoms with Crippen LogP contribution >= 0.6 is 0 Å². The summed E-state index contributed by atoms with van der Waals surface area (Å²) in [6.45, 7) is 12.4. The molecule has 1 heterocycles. The molecule has 9 unspecified atom stereocenters. The predicted molar refractivity (Wildman–Crippen MR) is 157 cm³/mol. The smallest absolute Gasteiger partial charge is 0.313 e. The number of rotatable bonds is 10. The number of ether oxygens (including phenoxy) is 1. The fraction of sp³-hybridized carbons (Fsp3) is 0.794. The number of hydrogen-bond acceptors (Lipinski definition) is 4. The molecule has 2 N–H and O–H groups in total. The van der Waals surface area contributed by atoms with Gasteiger partial charge in [0.15, 0.2) is 0 Å². The minimum Gasteiger partial charge on any atom is -0.481 e. The molecule has 4 aliphatic carbocycles. The zero-order valence-corrected chi connectivity index (χ0v) is 25.5. The van der Waals surface area contributed by atoms with E-state index in [0.717, 1.165) is 54.8 Å². The molecule has 6 heteroatoms. The summed E-state index contributed by atoms with van der Waals surface area (Å²) in [6.07, 6.45) is 18.6. The van der Waals surface area contributed by atoms with Gasteiger partial charge in [0.2, 0.25) is 0 Å². The minimum atomic E-state index is -1.04. The molecule has 3 fully saturated rings. The van der Waals surface area contributed by atoms with Gasteiger partial charge < -0.3 is 14.8 Å². The Balaban J connectivity index is 1.21. The monoisotopic (exact) mass is 552 g/mol. The van der Waals surface area contributed by atoms with Crippen LogP contribution < -0.4 is 0 Å². The number of carbonyl (C=O) groups excluding carboxylic acids is 1. The van der Waals surface area contributed by atoms with Crippen LogP contribution in [0.1, 0.15) is 123 Å². The summed E-state index contributed by atoms with van der Waals surface area (Å²) in [5.74, 6) is 2.43. The molecule has 1 aromatic rings. The SMILES string of the molecule is CC(C)CCCC(C)C1CCC2C3CC=C4CC(OC(=O)CC(C(=O)O)c5cnc[nH]5)CCC4(C)C3CCC12C. The van der Waals surface area contributed by atoms with E-state index in [1.165, 1.54) is 69.5 Å². The van der Waals surface area contributed by atoms with Crippen molar-refractivity contribution in [3.63, 3.8) is 0 Å². The number of esters is 1. The Morgan fingerprint density at radius 1 is 1.10 bits per heavy atom. The van der Waals surface area contributed by atoms with Gasteiger partial charge >= 0.3 is 11.9 Å². The number of aromatic nitrogens is 2. The van der Waals surface area contributed by atoms with Crippen LogP contribution in [0.5, 0.6) is 0 Å². The number of carboxylic acids is 1. The largest absolute Gasteiger partial charge is 0.481 e. The lowest BCUT2D eigenvalue weighted by Gasteiger charge is -2.58. The molecule has 1 aromatic heterocycles. The van der Waals surface area contributed by atoms with E-state index >= 15 is 0 Å². The van der Waals surface area contributed by atoms with Crippen molar-refractivity contribution in [3.05, 3.63) is 29.9 Å². The summed E-state index contributed by atoms with van der Waals surface area (Å²) < 4.78 is 5.90. The van der Waals surface area contributed by atoms with Crippen molar-refractivity contribution >= 4 is 11.9 Å². The van der Waals surface area contributed by atoms with Crippen molar-refractivity contribution in [1.29, 1.82) is 0 Å². The molecule has 0 radical (unpaired) electrons. The Morgan fingerprint density at radius 3 is 2.60 bits per heavy atom. The van der Waals surface area contributed by atoms with Crippen LogP contribution in [0.4, 0.5) is 0 Å². The fourth-order valence-electron chi connectivity index (χ4n) is 9.94. The zero-order chi connectivity index (χ0) is 28.7. The Labute approximate surface area is 241 Å². The van der Waals surface area contributed by atoms with E-state index in [0.29, 0.717) is 11.1 Å². The summed E-state index contributed by atoms with van der Waals surface area (Å²) in [7, 11) is 0. The lowest BCUT2D eigenvalue weighted by Crippen LogP contribution is -2.51. The number of carbonyl (C=O) groups is 2. The maximum atomic E-state index is 12.8. The summed E-state index contributed by atoms with van der Waals surface area (Å²) in [5.41, 5.74) is 2.61. The highest BCUT2D eigenvalue weighted by molar-refractivity contribution is 5.82. The van der Waals surface area contributed by atoms with E-state index in [4.69, 9.17) is 4.74 Å². The van der Waals surface area contributed by atoms with E-state index in [1.54, 1.807) is 0 Å². The molecule has 0 saturated heterocycles. The lowest BCUT2D eigenvalue weighted by molar-refractivity contribution is -0.155. The van der Waals surface area contributed by atoms with Gasteiger partial charge in [0, 0.05) is 18.3 Å². The predicted octanol–water partition coefficient (Wildman–Crippen LogP) is 7.92. The Bertz CT molecular complexity index is 1080. The van der Waals surface area contributed by atoms with E-state index < -0.39 is 17.9 Å². The van der Waals surface area contributed by atoms with Gasteiger partial charge in [-0.2, -0.15) is 0 Å². The molecule has 0 aliphatic heterocycles. The van der Waals surface area contributed by atoms with Gasteiger partial charge in [0.25, 0.3) is 0 Å². The molecule has 4 aliphatic rings. The normalized spacial score (nSPS) is 36.6. The number of aliphatic carboxylic acids is 1. The third-order valence-electron chi connectivity index (χ3n) is 12.1. The molecular weight excluding hydrogens is 500 g/mol. The second-order valence-electron chi connectivity index (χ2n) is 14.7. The molecule has 0 bridgehead atoms. The summed E-state index contributed by atoms with van der Waals surface area (Å²) in [6, 6.07) is 0. The Hall–Kier alpha value is -2.11. The van der Waals surface area contributed by atoms with Gasteiger partial charge in [-0.15, -0.1) is 0 Å². The van der Waals surface area contributed by atoms with Gasteiger partial charge in [-0.1, -0.05) is 65.5 Å². The molecule has 40 heavy (non-hydrogen) atoms. The molecule has 0 amide bonds. The maximum absolute atomic E-state index is 12.8. The van der Waals surface area contributed by atoms with Gasteiger partial charge in [0.1, 0.15) is 12.0 Å². The summed E-state index contributed by atoms with van der Waals surface area (Å²) in [5, 5.41) is 9.62. The molecule has 3 saturated carbocycles. The van der Waals surface area contributed by atoms with Crippen LogP contribution in [0.25, 0.3) is 0 Å². The van der Waals surface area contributed by atoms with Gasteiger partial charge in [-0.05, 0) is 91.3 Å². The topological polar surface area (TPSA) is 92.3 Å². The van der Waals surface area contributed by atoms with Crippen LogP contribution in [-0.2, 0) is 14.3 Å². The van der Waals surface area contributed by atoms with Gasteiger partial charge in [0.05, 0.1) is 12.7 Å². The molecule has 222 valence electrons. The molecular formula is C34H52N2O4. The van der Waals surface area contributed by atoms with Gasteiger partial charge in [-0.3, -0.25) is 9.59 Å². The maximum Gasteiger partial charge on any atom is 0.313 e. The number of carboxylic acid groups (broad SMARTS) is 1. The highest BCUT2D eigenvalue weighted by atomic mass is 16.5. The van der Waals surface area contributed by atoms with Crippen LogP contribution in [0.15, 0.2) is 24.2 Å². The van der Waals surface area contributed by atoms with Crippen molar-refractivity contribution in [3.8, 4) is 0 Å². The third-order valence-corrected chi connectivity index (χ3v) is 12.1. The minimum absolute atomic E-state index is 0.156. The molecule has 0 spiro atoms. The van der Waals surface area contributed by atoms with E-state index in [9.17, 15) is 14.7 Å². The standard InChI is InChI=1S/C34H52N2O4/c1-21(2)7-6-8-22(3)27-11-12-28-25-10-9-23-17-24(13-15-33(23,4)29(25)14-16-34(27,28)5)40-31(37)18-26(32(38)39)30-19-35-20-36-30/h9,19-22,24-29H,6-8,10-18H2,1-5H3,(H,35,36)(H,38,39). The number of aromatic amines is 1. The average Bonchev–Trinajstić information content (AvgIpc) is 3.55. The number of hydrogen-bond donors (Lipinski definition) is 2. The molecule has 6 nitrogen and oxygen atoms in total. The summed E-state index contributed by atoms with van der Waals surface area (Å²) >= 11 is 0. The fourth-order valence-corrected chi connectivity index (χ4v) is 9.94. The van der Waals surface area contributed by atoms with Crippen LogP contribution in [-0.4, -0.2) is 33.1 Å². The average molecular weight is 553 g/mol. The second-order valence-corrected chi connectivity index (χ2v) is 14.7. The first-order valence-corrected chi connectivity index (χ1v) is 16.1. The first-order chi connectivity index (χ1) is 19.0. The third kappa shape index (κ3) is 5.53. The molecule has 0 aromatic carbocycles. The van der Waals surface area contributed by atoms with Crippen molar-refractivity contribution in [2.75, 3.05) is 0 Å². The van der Waals surface area contributed by atoms with Crippen molar-refractivity contribution in [2.45, 2.75) is 124 Å². The first kappa shape index (κ1) is 29.4. The van der Waals surface area contributed by atoms with Crippen molar-refractivity contribution in [1.82, 2.24) is 9.97 Å².